The van der Waals surface area contributed by atoms with Crippen molar-refractivity contribution in [1.82, 2.24) is 29.7 Å². The van der Waals surface area contributed by atoms with Gasteiger partial charge in [0.15, 0.2) is 0 Å². The minimum atomic E-state index is 0.133. The zero-order valence-corrected chi connectivity index (χ0v) is 12.8. The van der Waals surface area contributed by atoms with Crippen molar-refractivity contribution in [3.63, 3.8) is 0 Å². The molecule has 0 aliphatic rings. The third-order valence-electron chi connectivity index (χ3n) is 2.82. The van der Waals surface area contributed by atoms with E-state index in [1.165, 1.54) is 22.2 Å². The molecule has 0 aliphatic heterocycles. The Bertz CT molecular complexity index is 698. The van der Waals surface area contributed by atoms with E-state index >= 15 is 0 Å². The summed E-state index contributed by atoms with van der Waals surface area (Å²) in [5.74, 6) is 0.863. The minimum absolute atomic E-state index is 0.133. The smallest absolute Gasteiger partial charge is 0.258 e. The molecule has 3 aromatic rings. The third-order valence-corrected chi connectivity index (χ3v) is 3.93. The van der Waals surface area contributed by atoms with Crippen LogP contribution in [0.5, 0.6) is 0 Å². The second kappa shape index (κ2) is 6.15. The van der Waals surface area contributed by atoms with Crippen molar-refractivity contribution in [3.05, 3.63) is 40.3 Å². The first-order valence-electron chi connectivity index (χ1n) is 6.22. The van der Waals surface area contributed by atoms with Gasteiger partial charge in [0.25, 0.3) is 5.95 Å². The highest BCUT2D eigenvalue weighted by molar-refractivity contribution is 7.09. The molecule has 0 N–H and O–H groups in total. The number of aromatic nitrogens is 6. The molecule has 0 amide bonds. The zero-order chi connectivity index (χ0) is 14.7. The molecule has 0 aliphatic carbocycles. The molecule has 0 aromatic carbocycles. The van der Waals surface area contributed by atoms with Crippen molar-refractivity contribution >= 4 is 28.9 Å². The highest BCUT2D eigenvalue weighted by Crippen LogP contribution is 2.14. The molecule has 108 valence electrons. The average Bonchev–Trinajstić information content (AvgIpc) is 3.17. The first-order chi connectivity index (χ1) is 10.2. The molecule has 0 spiro atoms. The monoisotopic (exact) mass is 321 g/mol. The predicted octanol–water partition coefficient (Wildman–Crippen LogP) is 1.85. The average molecular weight is 322 g/mol. The van der Waals surface area contributed by atoms with Crippen molar-refractivity contribution < 1.29 is 0 Å². The fraction of sp³-hybridized carbons (Fsp3) is 0.250. The Balaban J connectivity index is 1.78. The van der Waals surface area contributed by atoms with Gasteiger partial charge in [-0.05, 0) is 29.5 Å². The van der Waals surface area contributed by atoms with Gasteiger partial charge in [-0.25, -0.2) is 4.98 Å². The summed E-state index contributed by atoms with van der Waals surface area (Å²) in [5.41, 5.74) is 0. The molecule has 0 bridgehead atoms. The SMILES string of the molecule is CN(CCc1cccs1)c1nc(Cl)nc(-n2cncn2)n1. The normalized spacial score (nSPS) is 10.8. The second-order valence-corrected chi connectivity index (χ2v) is 5.67. The summed E-state index contributed by atoms with van der Waals surface area (Å²) in [6, 6.07) is 4.16. The summed E-state index contributed by atoms with van der Waals surface area (Å²) in [4.78, 5) is 19.7. The van der Waals surface area contributed by atoms with Crippen molar-refractivity contribution in [3.8, 4) is 5.95 Å². The Morgan fingerprint density at radius 1 is 1.33 bits per heavy atom. The lowest BCUT2D eigenvalue weighted by Crippen LogP contribution is -2.23. The van der Waals surface area contributed by atoms with Crippen LogP contribution in [0.3, 0.4) is 0 Å². The van der Waals surface area contributed by atoms with Crippen molar-refractivity contribution in [2.45, 2.75) is 6.42 Å². The number of hydrogen-bond donors (Lipinski definition) is 0. The van der Waals surface area contributed by atoms with Gasteiger partial charge in [-0.15, -0.1) is 11.3 Å². The summed E-state index contributed by atoms with van der Waals surface area (Å²) < 4.78 is 1.45. The molecule has 0 atom stereocenters. The summed E-state index contributed by atoms with van der Waals surface area (Å²) in [5, 5.41) is 6.19. The van der Waals surface area contributed by atoms with Crippen LogP contribution in [-0.2, 0) is 6.42 Å². The number of thiophene rings is 1. The fourth-order valence-corrected chi connectivity index (χ4v) is 2.60. The van der Waals surface area contributed by atoms with Gasteiger partial charge in [0.05, 0.1) is 0 Å². The first kappa shape index (κ1) is 13.9. The number of halogens is 1. The minimum Gasteiger partial charge on any atom is -0.343 e. The fourth-order valence-electron chi connectivity index (χ4n) is 1.75. The van der Waals surface area contributed by atoms with E-state index in [0.29, 0.717) is 11.9 Å². The van der Waals surface area contributed by atoms with Crippen LogP contribution in [0.2, 0.25) is 5.28 Å². The van der Waals surface area contributed by atoms with Gasteiger partial charge in [-0.1, -0.05) is 6.07 Å². The van der Waals surface area contributed by atoms with Crippen LogP contribution in [0.1, 0.15) is 4.88 Å². The Kier molecular flexibility index (Phi) is 4.07. The summed E-state index contributed by atoms with van der Waals surface area (Å²) in [6.07, 6.45) is 3.86. The molecule has 9 heteroatoms. The summed E-state index contributed by atoms with van der Waals surface area (Å²) in [7, 11) is 1.92. The molecule has 0 radical (unpaired) electrons. The highest BCUT2D eigenvalue weighted by Gasteiger charge is 2.11. The number of nitrogens with zero attached hydrogens (tertiary/aromatic N) is 7. The third kappa shape index (κ3) is 3.34. The Labute approximate surface area is 130 Å². The van der Waals surface area contributed by atoms with Crippen LogP contribution in [0.4, 0.5) is 5.95 Å². The van der Waals surface area contributed by atoms with E-state index < -0.39 is 0 Å². The van der Waals surface area contributed by atoms with Gasteiger partial charge in [-0.2, -0.15) is 24.7 Å². The van der Waals surface area contributed by atoms with Crippen LogP contribution < -0.4 is 4.90 Å². The predicted molar refractivity (Wildman–Crippen MR) is 81.0 cm³/mol. The molecule has 3 heterocycles. The van der Waals surface area contributed by atoms with Gasteiger partial charge in [-0.3, -0.25) is 0 Å². The number of hydrogen-bond acceptors (Lipinski definition) is 7. The van der Waals surface area contributed by atoms with Gasteiger partial charge in [0.2, 0.25) is 11.2 Å². The van der Waals surface area contributed by atoms with Gasteiger partial charge in [0, 0.05) is 18.5 Å². The molecule has 0 saturated carbocycles. The maximum absolute atomic E-state index is 5.96. The Morgan fingerprint density at radius 2 is 2.24 bits per heavy atom. The molecule has 0 saturated heterocycles. The van der Waals surface area contributed by atoms with Crippen molar-refractivity contribution in [2.24, 2.45) is 0 Å². The van der Waals surface area contributed by atoms with Crippen molar-refractivity contribution in [1.29, 1.82) is 0 Å². The molecular formula is C12H12ClN7S. The quantitative estimate of drug-likeness (QED) is 0.714. The molecule has 0 fully saturated rings. The lowest BCUT2D eigenvalue weighted by atomic mass is 10.3. The van der Waals surface area contributed by atoms with Crippen LogP contribution in [-0.4, -0.2) is 43.3 Å². The number of rotatable bonds is 5. The highest BCUT2D eigenvalue weighted by atomic mass is 35.5. The van der Waals surface area contributed by atoms with E-state index in [2.05, 4.69) is 36.5 Å². The molecular weight excluding hydrogens is 310 g/mol. The maximum Gasteiger partial charge on any atom is 0.258 e. The second-order valence-electron chi connectivity index (χ2n) is 4.30. The largest absolute Gasteiger partial charge is 0.343 e. The molecule has 21 heavy (non-hydrogen) atoms. The number of likely N-dealkylation sites (N-methyl/N-ethyl adjacent to an activating group) is 1. The lowest BCUT2D eigenvalue weighted by molar-refractivity contribution is 0.769. The molecule has 3 aromatic heterocycles. The lowest BCUT2D eigenvalue weighted by Gasteiger charge is -2.16. The van der Waals surface area contributed by atoms with E-state index in [0.717, 1.165) is 13.0 Å². The van der Waals surface area contributed by atoms with Crippen LogP contribution in [0.25, 0.3) is 5.95 Å². The van der Waals surface area contributed by atoms with E-state index in [-0.39, 0.29) is 5.28 Å². The molecule has 0 unspecified atom stereocenters. The Hall–Kier alpha value is -2.06. The first-order valence-corrected chi connectivity index (χ1v) is 7.48. The zero-order valence-electron chi connectivity index (χ0n) is 11.2. The van der Waals surface area contributed by atoms with E-state index in [1.54, 1.807) is 11.3 Å². The van der Waals surface area contributed by atoms with E-state index in [4.69, 9.17) is 11.6 Å². The summed E-state index contributed by atoms with van der Waals surface area (Å²) in [6.45, 7) is 0.789. The van der Waals surface area contributed by atoms with Crippen LogP contribution >= 0.6 is 22.9 Å². The Morgan fingerprint density at radius 3 is 2.95 bits per heavy atom. The van der Waals surface area contributed by atoms with E-state index in [9.17, 15) is 0 Å². The topological polar surface area (TPSA) is 72.6 Å². The van der Waals surface area contributed by atoms with Crippen LogP contribution in [0, 0.1) is 0 Å². The van der Waals surface area contributed by atoms with Gasteiger partial charge < -0.3 is 4.90 Å². The van der Waals surface area contributed by atoms with E-state index in [1.807, 2.05) is 18.0 Å². The summed E-state index contributed by atoms with van der Waals surface area (Å²) >= 11 is 7.70. The maximum atomic E-state index is 5.96. The van der Waals surface area contributed by atoms with Gasteiger partial charge >= 0.3 is 0 Å². The number of anilines is 1. The van der Waals surface area contributed by atoms with Crippen LogP contribution in [0.15, 0.2) is 30.2 Å². The molecule has 3 rings (SSSR count). The molecule has 7 nitrogen and oxygen atoms in total. The standard InChI is InChI=1S/C12H12ClN7S/c1-19(5-4-9-3-2-6-21-9)11-16-10(13)17-12(18-11)20-8-14-7-15-20/h2-3,6-8H,4-5H2,1H3. The van der Waals surface area contributed by atoms with Crippen molar-refractivity contribution in [2.75, 3.05) is 18.5 Å². The van der Waals surface area contributed by atoms with Gasteiger partial charge in [0.1, 0.15) is 12.7 Å².